The number of β-amino-alcohol motifs (C(OH)–C–C–N with tert-alkyl or cyclic N) is 1. The highest BCUT2D eigenvalue weighted by Crippen LogP contribution is 2.36. The third-order valence-electron chi connectivity index (χ3n) is 6.44. The van der Waals surface area contributed by atoms with Crippen molar-refractivity contribution in [3.05, 3.63) is 95.6 Å². The number of rotatable bonds is 6. The first-order valence-electron chi connectivity index (χ1n) is 12.1. The number of benzene rings is 3. The van der Waals surface area contributed by atoms with Gasteiger partial charge in [-0.2, -0.15) is 0 Å². The first-order valence-corrected chi connectivity index (χ1v) is 12.1. The number of aliphatic hydroxyl groups excluding tert-OH is 1. The molecule has 0 amide bonds. The minimum atomic E-state index is -0.879. The molecular formula is C29H32N2O4. The Morgan fingerprint density at radius 3 is 1.94 bits per heavy atom. The van der Waals surface area contributed by atoms with Crippen LogP contribution in [0.2, 0.25) is 0 Å². The van der Waals surface area contributed by atoms with Crippen LogP contribution in [0.4, 0.5) is 0 Å². The number of aliphatic hydroxyl groups is 1. The average Bonchev–Trinajstić information content (AvgIpc) is 3.20. The number of likely N-dealkylation sites (tertiary alicyclic amines) is 1. The quantitative estimate of drug-likeness (QED) is 0.390. The molecule has 6 heteroatoms. The molecule has 1 atom stereocenters. The molecule has 5 rings (SSSR count). The number of carboxylic acid groups (broad SMARTS) is 1. The Hall–Kier alpha value is -3.48. The number of oxime groups is 1. The van der Waals surface area contributed by atoms with Crippen molar-refractivity contribution < 1.29 is 19.8 Å². The van der Waals surface area contributed by atoms with Crippen LogP contribution in [0.5, 0.6) is 0 Å². The van der Waals surface area contributed by atoms with Crippen LogP contribution in [0, 0.1) is 5.92 Å². The molecule has 1 aliphatic carbocycles. The van der Waals surface area contributed by atoms with Crippen LogP contribution in [0.15, 0.2) is 84.0 Å². The van der Waals surface area contributed by atoms with E-state index >= 15 is 0 Å². The molecule has 1 heterocycles. The molecule has 0 aromatic heterocycles. The van der Waals surface area contributed by atoms with E-state index in [9.17, 15) is 9.90 Å². The number of hydrogen-bond acceptors (Lipinski definition) is 5. The largest absolute Gasteiger partial charge is 0.478 e. The molecule has 1 aliphatic heterocycles. The zero-order chi connectivity index (χ0) is 24.6. The highest BCUT2D eigenvalue weighted by atomic mass is 16.6. The van der Waals surface area contributed by atoms with E-state index in [2.05, 4.69) is 41.2 Å². The van der Waals surface area contributed by atoms with Crippen LogP contribution in [-0.2, 0) is 4.84 Å². The number of piperidine rings is 1. The summed E-state index contributed by atoms with van der Waals surface area (Å²) in [6, 6.07) is 24.8. The minimum absolute atomic E-state index is 0.222. The van der Waals surface area contributed by atoms with E-state index in [-0.39, 0.29) is 6.61 Å². The summed E-state index contributed by atoms with van der Waals surface area (Å²) in [5, 5.41) is 23.1. The van der Waals surface area contributed by atoms with Gasteiger partial charge in [-0.15, -0.1) is 0 Å². The molecule has 2 N–H and O–H groups in total. The van der Waals surface area contributed by atoms with Crippen LogP contribution < -0.4 is 0 Å². The molecule has 2 aliphatic rings. The van der Waals surface area contributed by atoms with Gasteiger partial charge in [-0.3, -0.25) is 0 Å². The molecule has 182 valence electrons. The van der Waals surface area contributed by atoms with Crippen molar-refractivity contribution in [2.24, 2.45) is 11.1 Å². The van der Waals surface area contributed by atoms with Gasteiger partial charge in [0.15, 0.2) is 0 Å². The fraction of sp³-hybridized carbons (Fsp3) is 0.310. The summed E-state index contributed by atoms with van der Waals surface area (Å²) in [6.45, 7) is 5.30. The monoisotopic (exact) mass is 472 g/mol. The second kappa shape index (κ2) is 11.8. The molecule has 6 nitrogen and oxygen atoms in total. The van der Waals surface area contributed by atoms with E-state index in [4.69, 9.17) is 9.94 Å². The van der Waals surface area contributed by atoms with Gasteiger partial charge in [0.25, 0.3) is 0 Å². The second-order valence-corrected chi connectivity index (χ2v) is 9.13. The highest BCUT2D eigenvalue weighted by Gasteiger charge is 2.25. The van der Waals surface area contributed by atoms with Gasteiger partial charge in [0.2, 0.25) is 0 Å². The molecule has 0 bridgehead atoms. The van der Waals surface area contributed by atoms with Crippen LogP contribution in [0.1, 0.15) is 41.3 Å². The summed E-state index contributed by atoms with van der Waals surface area (Å²) in [6.07, 6.45) is 1.91. The Morgan fingerprint density at radius 2 is 1.43 bits per heavy atom. The number of hydrogen-bond donors (Lipinski definition) is 2. The van der Waals surface area contributed by atoms with Gasteiger partial charge in [-0.25, -0.2) is 4.79 Å². The smallest absolute Gasteiger partial charge is 0.335 e. The van der Waals surface area contributed by atoms with Gasteiger partial charge in [0.1, 0.15) is 18.4 Å². The summed E-state index contributed by atoms with van der Waals surface area (Å²) in [5.74, 6) is -0.0795. The predicted octanol–water partition coefficient (Wildman–Crippen LogP) is 4.91. The summed E-state index contributed by atoms with van der Waals surface area (Å²) in [7, 11) is 0. The molecule has 1 saturated heterocycles. The topological polar surface area (TPSA) is 82.4 Å². The van der Waals surface area contributed by atoms with Gasteiger partial charge < -0.3 is 20.0 Å². The summed E-state index contributed by atoms with van der Waals surface area (Å²) in [4.78, 5) is 18.1. The molecule has 35 heavy (non-hydrogen) atoms. The first kappa shape index (κ1) is 24.6. The van der Waals surface area contributed by atoms with Gasteiger partial charge in [-0.05, 0) is 55.1 Å². The lowest BCUT2D eigenvalue weighted by molar-refractivity contribution is 0.0134. The van der Waals surface area contributed by atoms with Gasteiger partial charge in [0.05, 0.1) is 5.56 Å². The van der Waals surface area contributed by atoms with Crippen LogP contribution in [-0.4, -0.2) is 59.1 Å². The lowest BCUT2D eigenvalue weighted by Gasteiger charge is -2.31. The first-order chi connectivity index (χ1) is 17.0. The number of aromatic carboxylic acids is 1. The Labute approximate surface area is 206 Å². The maximum Gasteiger partial charge on any atom is 0.335 e. The fourth-order valence-electron chi connectivity index (χ4n) is 4.46. The van der Waals surface area contributed by atoms with E-state index in [0.29, 0.717) is 12.1 Å². The van der Waals surface area contributed by atoms with E-state index in [1.54, 1.807) is 30.3 Å². The van der Waals surface area contributed by atoms with Crippen LogP contribution >= 0.6 is 0 Å². The van der Waals surface area contributed by atoms with Gasteiger partial charge >= 0.3 is 5.97 Å². The zero-order valence-electron chi connectivity index (χ0n) is 20.0. The number of fused-ring (bicyclic) bond motifs is 3. The van der Waals surface area contributed by atoms with Gasteiger partial charge in [0, 0.05) is 17.7 Å². The molecule has 1 unspecified atom stereocenters. The molecule has 3 aromatic carbocycles. The second-order valence-electron chi connectivity index (χ2n) is 9.13. The predicted molar refractivity (Wildman–Crippen MR) is 138 cm³/mol. The Balaban J connectivity index is 0.000000271. The van der Waals surface area contributed by atoms with Crippen molar-refractivity contribution >= 4 is 11.7 Å². The summed E-state index contributed by atoms with van der Waals surface area (Å²) < 4.78 is 0. The van der Waals surface area contributed by atoms with E-state index in [0.717, 1.165) is 35.8 Å². The zero-order valence-corrected chi connectivity index (χ0v) is 20.0. The summed E-state index contributed by atoms with van der Waals surface area (Å²) in [5.41, 5.74) is 5.75. The van der Waals surface area contributed by atoms with E-state index < -0.39 is 12.1 Å². The van der Waals surface area contributed by atoms with Crippen molar-refractivity contribution in [1.82, 2.24) is 4.90 Å². The third-order valence-corrected chi connectivity index (χ3v) is 6.44. The van der Waals surface area contributed by atoms with Crippen molar-refractivity contribution in [2.75, 3.05) is 26.2 Å². The molecular weight excluding hydrogens is 440 g/mol. The third kappa shape index (κ3) is 6.35. The highest BCUT2D eigenvalue weighted by molar-refractivity contribution is 6.24. The van der Waals surface area contributed by atoms with Crippen LogP contribution in [0.25, 0.3) is 11.1 Å². The van der Waals surface area contributed by atoms with Crippen molar-refractivity contribution in [3.8, 4) is 11.1 Å². The Kier molecular flexibility index (Phi) is 8.29. The van der Waals surface area contributed by atoms with E-state index in [1.807, 2.05) is 24.3 Å². The van der Waals surface area contributed by atoms with Crippen LogP contribution in [0.3, 0.4) is 0 Å². The van der Waals surface area contributed by atoms with Crippen molar-refractivity contribution in [1.29, 1.82) is 0 Å². The number of carbonyl (C=O) groups is 1. The lowest BCUT2D eigenvalue weighted by atomic mass is 9.99. The van der Waals surface area contributed by atoms with Gasteiger partial charge in [-0.1, -0.05) is 78.8 Å². The molecule has 0 radical (unpaired) electrons. The van der Waals surface area contributed by atoms with Crippen molar-refractivity contribution in [3.63, 3.8) is 0 Å². The fourth-order valence-corrected chi connectivity index (χ4v) is 4.46. The Morgan fingerprint density at radius 1 is 0.914 bits per heavy atom. The molecule has 0 saturated carbocycles. The Bertz CT molecular complexity index is 1110. The SMILES string of the molecule is CC1CCN(CC(O)CON=C2c3ccccc3-c3ccccc32)CC1.O=C(O)c1ccccc1. The lowest BCUT2D eigenvalue weighted by Crippen LogP contribution is -2.39. The maximum absolute atomic E-state index is 10.3. The number of carboxylic acids is 1. The average molecular weight is 473 g/mol. The normalized spacial score (nSPS) is 15.9. The maximum atomic E-state index is 10.3. The molecule has 0 spiro atoms. The van der Waals surface area contributed by atoms with Crippen molar-refractivity contribution in [2.45, 2.75) is 25.9 Å². The number of nitrogens with zero attached hydrogens (tertiary/aromatic N) is 2. The molecule has 1 fully saturated rings. The standard InChI is InChI=1S/C22H26N2O2.C7H6O2/c1-16-10-12-24(13-11-16)14-17(25)15-26-23-22-20-8-4-2-6-18(20)19-7-3-5-9-21(19)22;8-7(9)6-4-2-1-3-5-6/h2-9,16-17,25H,10-15H2,1H3;1-5H,(H,8,9). The molecule has 3 aromatic rings. The van der Waals surface area contributed by atoms with E-state index in [1.165, 1.54) is 24.0 Å². The minimum Gasteiger partial charge on any atom is -0.478 e. The summed E-state index contributed by atoms with van der Waals surface area (Å²) >= 11 is 0.